The number of carbonyl (C=O) groups excluding carboxylic acids is 1. The lowest BCUT2D eigenvalue weighted by Crippen LogP contribution is -2.37. The largest absolute Gasteiger partial charge is 0.451 e. The Kier molecular flexibility index (Phi) is 7.54. The van der Waals surface area contributed by atoms with Crippen LogP contribution >= 0.6 is 0 Å². The Morgan fingerprint density at radius 2 is 1.86 bits per heavy atom. The molecule has 44 heavy (non-hydrogen) atoms. The summed E-state index contributed by atoms with van der Waals surface area (Å²) >= 11 is 0. The van der Waals surface area contributed by atoms with E-state index in [9.17, 15) is 9.59 Å². The summed E-state index contributed by atoms with van der Waals surface area (Å²) in [5.74, 6) is -0.0652. The molecule has 3 aliphatic rings. The van der Waals surface area contributed by atoms with Crippen molar-refractivity contribution in [3.63, 3.8) is 0 Å². The zero-order valence-electron chi connectivity index (χ0n) is 25.7. The first-order valence-electron chi connectivity index (χ1n) is 16.0. The van der Waals surface area contributed by atoms with E-state index in [0.717, 1.165) is 56.1 Å². The van der Waals surface area contributed by atoms with Crippen molar-refractivity contribution in [1.29, 1.82) is 0 Å². The van der Waals surface area contributed by atoms with Crippen molar-refractivity contribution >= 4 is 33.3 Å². The number of nitrogens with one attached hydrogen (secondary N) is 1. The average Bonchev–Trinajstić information content (AvgIpc) is 3.67. The van der Waals surface area contributed by atoms with E-state index in [1.54, 1.807) is 6.20 Å². The third-order valence-electron chi connectivity index (χ3n) is 9.96. The van der Waals surface area contributed by atoms with Gasteiger partial charge in [-0.25, -0.2) is 4.39 Å². The molecule has 0 saturated carbocycles. The van der Waals surface area contributed by atoms with E-state index in [4.69, 9.17) is 4.74 Å². The number of hydrogen-bond acceptors (Lipinski definition) is 6. The molecule has 1 aromatic heterocycles. The minimum Gasteiger partial charge on any atom is -0.451 e. The number of anilines is 1. The van der Waals surface area contributed by atoms with Crippen LogP contribution in [0.5, 0.6) is 11.5 Å². The number of aromatic nitrogens is 1. The smallest absolute Gasteiger partial charge is 0.256 e. The van der Waals surface area contributed by atoms with Crippen LogP contribution in [0.15, 0.2) is 53.5 Å². The van der Waals surface area contributed by atoms with Crippen LogP contribution in [0, 0.1) is 5.82 Å². The van der Waals surface area contributed by atoms with E-state index in [1.807, 2.05) is 41.0 Å². The summed E-state index contributed by atoms with van der Waals surface area (Å²) in [5, 5.41) is 5.10. The summed E-state index contributed by atoms with van der Waals surface area (Å²) in [5.41, 5.74) is 1.08. The van der Waals surface area contributed by atoms with Crippen LogP contribution in [-0.2, 0) is 0 Å². The SMILES string of the molecule is CCN(CC)C1CCN(c2c(F)cc3c(=O)c(C(=O)NCCC4CCCN4C)cn4c3c2Oc2cc3ccccc3cc2-4)C1. The summed E-state index contributed by atoms with van der Waals surface area (Å²) in [6.45, 7) is 9.05. The fourth-order valence-electron chi connectivity index (χ4n) is 7.52. The maximum Gasteiger partial charge on any atom is 0.256 e. The Labute approximate surface area is 257 Å². The third kappa shape index (κ3) is 4.82. The van der Waals surface area contributed by atoms with Gasteiger partial charge in [-0.15, -0.1) is 0 Å². The molecule has 0 spiro atoms. The predicted molar refractivity (Wildman–Crippen MR) is 173 cm³/mol. The molecule has 1 N–H and O–H groups in total. The van der Waals surface area contributed by atoms with Crippen molar-refractivity contribution in [2.75, 3.05) is 51.2 Å². The number of fused-ring (bicyclic) bond motifs is 3. The number of carbonyl (C=O) groups is 1. The molecular weight excluding hydrogens is 557 g/mol. The highest BCUT2D eigenvalue weighted by Crippen LogP contribution is 2.48. The maximum absolute atomic E-state index is 16.2. The summed E-state index contributed by atoms with van der Waals surface area (Å²) in [6, 6.07) is 14.0. The summed E-state index contributed by atoms with van der Waals surface area (Å²) in [7, 11) is 2.11. The number of rotatable bonds is 8. The Balaban J connectivity index is 1.34. The molecule has 1 amide bonds. The molecule has 7 rings (SSSR count). The molecule has 4 aromatic rings. The second-order valence-corrected chi connectivity index (χ2v) is 12.4. The van der Waals surface area contributed by atoms with E-state index >= 15 is 4.39 Å². The highest BCUT2D eigenvalue weighted by molar-refractivity contribution is 6.02. The van der Waals surface area contributed by atoms with Crippen LogP contribution in [0.4, 0.5) is 10.1 Å². The zero-order chi connectivity index (χ0) is 30.5. The van der Waals surface area contributed by atoms with E-state index in [1.165, 1.54) is 6.07 Å². The van der Waals surface area contributed by atoms with Gasteiger partial charge in [0, 0.05) is 37.9 Å². The van der Waals surface area contributed by atoms with Crippen molar-refractivity contribution in [3.05, 3.63) is 70.3 Å². The van der Waals surface area contributed by atoms with Crippen molar-refractivity contribution < 1.29 is 13.9 Å². The van der Waals surface area contributed by atoms with Gasteiger partial charge in [0.05, 0.1) is 11.1 Å². The fraction of sp³-hybridized carbons (Fsp3) is 0.429. The van der Waals surface area contributed by atoms with Crippen LogP contribution in [0.1, 0.15) is 49.9 Å². The molecule has 2 atom stereocenters. The molecule has 9 heteroatoms. The second kappa shape index (κ2) is 11.5. The molecule has 2 fully saturated rings. The number of halogens is 1. The Hall–Kier alpha value is -3.95. The molecule has 0 aliphatic carbocycles. The first kappa shape index (κ1) is 28.8. The van der Waals surface area contributed by atoms with Gasteiger partial charge < -0.3 is 24.4 Å². The molecule has 3 aromatic carbocycles. The summed E-state index contributed by atoms with van der Waals surface area (Å²) in [4.78, 5) is 34.2. The van der Waals surface area contributed by atoms with Crippen LogP contribution in [0.2, 0.25) is 0 Å². The van der Waals surface area contributed by atoms with Gasteiger partial charge in [0.25, 0.3) is 5.91 Å². The third-order valence-corrected chi connectivity index (χ3v) is 9.96. The normalized spacial score (nSPS) is 19.6. The Morgan fingerprint density at radius 3 is 2.59 bits per heavy atom. The molecular formula is C35H40FN5O3. The second-order valence-electron chi connectivity index (χ2n) is 12.4. The molecule has 0 radical (unpaired) electrons. The number of ether oxygens (including phenoxy) is 1. The van der Waals surface area contributed by atoms with Crippen LogP contribution in [0.25, 0.3) is 27.4 Å². The van der Waals surface area contributed by atoms with E-state index in [2.05, 4.69) is 40.9 Å². The molecule has 2 unspecified atom stereocenters. The lowest BCUT2D eigenvalue weighted by molar-refractivity contribution is 0.0949. The van der Waals surface area contributed by atoms with Crippen molar-refractivity contribution in [3.8, 4) is 17.2 Å². The molecule has 4 heterocycles. The molecule has 8 nitrogen and oxygen atoms in total. The number of amides is 1. The number of benzene rings is 3. The first-order chi connectivity index (χ1) is 21.4. The highest BCUT2D eigenvalue weighted by Gasteiger charge is 2.34. The fourth-order valence-corrected chi connectivity index (χ4v) is 7.52. The van der Waals surface area contributed by atoms with E-state index < -0.39 is 17.2 Å². The van der Waals surface area contributed by atoms with Crippen molar-refractivity contribution in [2.24, 2.45) is 0 Å². The monoisotopic (exact) mass is 597 g/mol. The average molecular weight is 598 g/mol. The molecule has 3 aliphatic heterocycles. The Bertz CT molecular complexity index is 1820. The summed E-state index contributed by atoms with van der Waals surface area (Å²) in [6.07, 6.45) is 5.62. The molecule has 0 bridgehead atoms. The minimum atomic E-state index is -0.512. The molecule has 2 saturated heterocycles. The van der Waals surface area contributed by atoms with Crippen LogP contribution in [-0.4, -0.2) is 78.7 Å². The predicted octanol–water partition coefficient (Wildman–Crippen LogP) is 5.52. The topological polar surface area (TPSA) is 70.1 Å². The first-order valence-corrected chi connectivity index (χ1v) is 16.0. The quantitative estimate of drug-likeness (QED) is 0.254. The number of likely N-dealkylation sites (tertiary alicyclic amines) is 1. The van der Waals surface area contributed by atoms with Gasteiger partial charge in [0.2, 0.25) is 5.43 Å². The maximum atomic E-state index is 16.2. The van der Waals surface area contributed by atoms with Crippen LogP contribution in [0.3, 0.4) is 0 Å². The van der Waals surface area contributed by atoms with Gasteiger partial charge in [0.15, 0.2) is 17.3 Å². The van der Waals surface area contributed by atoms with E-state index in [-0.39, 0.29) is 10.9 Å². The van der Waals surface area contributed by atoms with Gasteiger partial charge in [-0.05, 0) is 81.3 Å². The standard InChI is InChI=1S/C35H40FN5O3/c1-4-39(5-2)25-13-16-40(20-25)32-28(36)19-26-31-34(32)44-30-18-23-10-7-6-9-22(23)17-29(30)41(31)21-27(33(26)42)35(43)37-14-12-24-11-8-15-38(24)3/h6-7,9-10,17-19,21,24-25H,4-5,8,11-16,20H2,1-3H3,(H,37,43). The molecule has 230 valence electrons. The van der Waals surface area contributed by atoms with Gasteiger partial charge in [-0.2, -0.15) is 0 Å². The number of nitrogens with zero attached hydrogens (tertiary/aromatic N) is 4. The Morgan fingerprint density at radius 1 is 1.09 bits per heavy atom. The van der Waals surface area contributed by atoms with Gasteiger partial charge >= 0.3 is 0 Å². The van der Waals surface area contributed by atoms with Gasteiger partial charge in [-0.1, -0.05) is 38.1 Å². The van der Waals surface area contributed by atoms with E-state index in [0.29, 0.717) is 60.1 Å². The van der Waals surface area contributed by atoms with Crippen molar-refractivity contribution in [2.45, 2.75) is 51.6 Å². The number of pyridine rings is 1. The highest BCUT2D eigenvalue weighted by atomic mass is 19.1. The lowest BCUT2D eigenvalue weighted by atomic mass is 10.0. The zero-order valence-corrected chi connectivity index (χ0v) is 25.7. The minimum absolute atomic E-state index is 0.000782. The van der Waals surface area contributed by atoms with Gasteiger partial charge in [0.1, 0.15) is 16.8 Å². The van der Waals surface area contributed by atoms with Crippen molar-refractivity contribution in [1.82, 2.24) is 19.7 Å². The summed E-state index contributed by atoms with van der Waals surface area (Å²) < 4.78 is 24.6. The van der Waals surface area contributed by atoms with Gasteiger partial charge in [-0.3, -0.25) is 14.5 Å². The number of hydrogen-bond donors (Lipinski definition) is 1. The van der Waals surface area contributed by atoms with Crippen LogP contribution < -0.4 is 20.4 Å². The lowest BCUT2D eigenvalue weighted by Gasteiger charge is -2.30. The number of likely N-dealkylation sites (N-methyl/N-ethyl adjacent to an activating group) is 1.